The van der Waals surface area contributed by atoms with Gasteiger partial charge in [-0.05, 0) is 23.8 Å². The first kappa shape index (κ1) is 23.0. The van der Waals surface area contributed by atoms with E-state index in [0.29, 0.717) is 29.8 Å². The molecule has 1 heterocycles. The SMILES string of the molecule is CS(=O)CCn1nccc1C(=O)NC(C(=O)O)C(C1CCCCC1)C1CCCCC1. The number of carbonyl (C=O) groups is 2. The Kier molecular flexibility index (Phi) is 8.48. The number of amides is 1. The molecule has 1 aromatic rings. The minimum absolute atomic E-state index is 0.0217. The number of hydrogen-bond acceptors (Lipinski definition) is 4. The maximum atomic E-state index is 13.0. The molecule has 0 saturated heterocycles. The Morgan fingerprint density at radius 1 is 1.13 bits per heavy atom. The summed E-state index contributed by atoms with van der Waals surface area (Å²) in [7, 11) is -0.991. The molecule has 3 rings (SSSR count). The van der Waals surface area contributed by atoms with E-state index in [1.165, 1.54) is 23.7 Å². The van der Waals surface area contributed by atoms with Gasteiger partial charge in [-0.1, -0.05) is 64.2 Å². The summed E-state index contributed by atoms with van der Waals surface area (Å²) in [6, 6.07) is 0.718. The zero-order valence-electron chi connectivity index (χ0n) is 17.9. The normalized spacial score (nSPS) is 20.7. The van der Waals surface area contributed by atoms with Gasteiger partial charge in [0.15, 0.2) is 0 Å². The lowest BCUT2D eigenvalue weighted by molar-refractivity contribution is -0.142. The van der Waals surface area contributed by atoms with Crippen LogP contribution in [0.25, 0.3) is 0 Å². The van der Waals surface area contributed by atoms with Crippen molar-refractivity contribution in [2.75, 3.05) is 12.0 Å². The lowest BCUT2D eigenvalue weighted by Crippen LogP contribution is -2.51. The molecule has 2 atom stereocenters. The minimum Gasteiger partial charge on any atom is -0.480 e. The largest absolute Gasteiger partial charge is 0.480 e. The van der Waals surface area contributed by atoms with Gasteiger partial charge >= 0.3 is 5.97 Å². The summed E-state index contributed by atoms with van der Waals surface area (Å²) in [5.41, 5.74) is 0.331. The molecular formula is C22H35N3O4S. The Hall–Kier alpha value is -1.70. The monoisotopic (exact) mass is 437 g/mol. The highest BCUT2D eigenvalue weighted by atomic mass is 32.2. The van der Waals surface area contributed by atoms with Crippen molar-refractivity contribution < 1.29 is 18.9 Å². The summed E-state index contributed by atoms with van der Waals surface area (Å²) in [6.45, 7) is 0.366. The van der Waals surface area contributed by atoms with Crippen LogP contribution in [-0.2, 0) is 22.1 Å². The van der Waals surface area contributed by atoms with Gasteiger partial charge in [-0.3, -0.25) is 13.7 Å². The Morgan fingerprint density at radius 3 is 2.20 bits per heavy atom. The fourth-order valence-corrected chi connectivity index (χ4v) is 5.85. The van der Waals surface area contributed by atoms with Crippen molar-refractivity contribution in [2.45, 2.75) is 76.8 Å². The summed E-state index contributed by atoms with van der Waals surface area (Å²) >= 11 is 0. The van der Waals surface area contributed by atoms with E-state index in [2.05, 4.69) is 10.4 Å². The van der Waals surface area contributed by atoms with Crippen molar-refractivity contribution in [3.05, 3.63) is 18.0 Å². The zero-order valence-corrected chi connectivity index (χ0v) is 18.7. The highest BCUT2D eigenvalue weighted by Crippen LogP contribution is 2.41. The Morgan fingerprint density at radius 2 is 1.70 bits per heavy atom. The van der Waals surface area contributed by atoms with Crippen molar-refractivity contribution in [3.8, 4) is 0 Å². The predicted molar refractivity (Wildman–Crippen MR) is 117 cm³/mol. The molecule has 2 aliphatic carbocycles. The second-order valence-corrected chi connectivity index (χ2v) is 10.4. The first-order chi connectivity index (χ1) is 14.5. The van der Waals surface area contributed by atoms with E-state index in [1.807, 2.05) is 0 Å². The Bertz CT molecular complexity index is 720. The van der Waals surface area contributed by atoms with Crippen LogP contribution >= 0.6 is 0 Å². The van der Waals surface area contributed by atoms with Crippen molar-refractivity contribution in [3.63, 3.8) is 0 Å². The van der Waals surface area contributed by atoms with E-state index in [4.69, 9.17) is 0 Å². The molecule has 7 nitrogen and oxygen atoms in total. The van der Waals surface area contributed by atoms with Gasteiger partial charge in [0.1, 0.15) is 11.7 Å². The number of carboxylic acids is 1. The number of hydrogen-bond donors (Lipinski definition) is 2. The van der Waals surface area contributed by atoms with Gasteiger partial charge in [0.05, 0.1) is 6.54 Å². The third-order valence-electron chi connectivity index (χ3n) is 6.87. The van der Waals surface area contributed by atoms with Crippen LogP contribution in [0, 0.1) is 17.8 Å². The lowest BCUT2D eigenvalue weighted by Gasteiger charge is -2.41. The number of nitrogens with one attached hydrogen (secondary N) is 1. The molecule has 30 heavy (non-hydrogen) atoms. The highest BCUT2D eigenvalue weighted by molar-refractivity contribution is 7.84. The number of rotatable bonds is 9. The van der Waals surface area contributed by atoms with Crippen LogP contribution in [0.1, 0.15) is 74.7 Å². The molecule has 2 aliphatic rings. The molecule has 168 valence electrons. The summed E-state index contributed by atoms with van der Waals surface area (Å²) < 4.78 is 12.9. The third kappa shape index (κ3) is 5.93. The number of nitrogens with zero attached hydrogens (tertiary/aromatic N) is 2. The van der Waals surface area contributed by atoms with Gasteiger partial charge in [-0.25, -0.2) is 4.79 Å². The number of aliphatic carboxylic acids is 1. The standard InChI is InChI=1S/C22H35N3O4S/c1-30(29)15-14-25-18(12-13-23-25)21(26)24-20(22(27)28)19(16-8-4-2-5-9-16)17-10-6-3-7-11-17/h12-13,16-17,19-20H,2-11,14-15H2,1H3,(H,24,26)(H,27,28). The molecule has 0 spiro atoms. The molecule has 1 amide bonds. The summed E-state index contributed by atoms with van der Waals surface area (Å²) in [5.74, 6) is -0.251. The number of aromatic nitrogens is 2. The fraction of sp³-hybridized carbons (Fsp3) is 0.773. The molecule has 2 saturated carbocycles. The number of carbonyl (C=O) groups excluding carboxylic acids is 1. The van der Waals surface area contributed by atoms with Gasteiger partial charge < -0.3 is 10.4 Å². The maximum absolute atomic E-state index is 13.0. The van der Waals surface area contributed by atoms with E-state index in [-0.39, 0.29) is 5.92 Å². The van der Waals surface area contributed by atoms with Crippen molar-refractivity contribution in [1.29, 1.82) is 0 Å². The van der Waals surface area contributed by atoms with Gasteiger partial charge in [-0.2, -0.15) is 5.10 Å². The summed E-state index contributed by atoms with van der Waals surface area (Å²) in [6.07, 6.45) is 14.4. The van der Waals surface area contributed by atoms with Gasteiger partial charge in [0.2, 0.25) is 0 Å². The van der Waals surface area contributed by atoms with Gasteiger partial charge in [0.25, 0.3) is 5.91 Å². The average Bonchev–Trinajstić information content (AvgIpc) is 3.22. The molecule has 1 aromatic heterocycles. The molecule has 0 aliphatic heterocycles. The predicted octanol–water partition coefficient (Wildman–Crippen LogP) is 3.22. The summed E-state index contributed by atoms with van der Waals surface area (Å²) in [5, 5.41) is 17.1. The average molecular weight is 438 g/mol. The van der Waals surface area contributed by atoms with Gasteiger partial charge in [-0.15, -0.1) is 0 Å². The Labute approximate surface area is 181 Å². The van der Waals surface area contributed by atoms with Crippen molar-refractivity contribution in [2.24, 2.45) is 17.8 Å². The fourth-order valence-electron chi connectivity index (χ4n) is 5.42. The molecule has 2 fully saturated rings. The molecule has 2 N–H and O–H groups in total. The number of carboxylic acid groups (broad SMARTS) is 1. The van der Waals surface area contributed by atoms with Crippen LogP contribution in [0.4, 0.5) is 0 Å². The second kappa shape index (κ2) is 11.1. The van der Waals surface area contributed by atoms with Crippen molar-refractivity contribution in [1.82, 2.24) is 15.1 Å². The Balaban J connectivity index is 1.79. The second-order valence-electron chi connectivity index (χ2n) is 8.88. The minimum atomic E-state index is -0.991. The third-order valence-corrected chi connectivity index (χ3v) is 7.62. The molecule has 0 radical (unpaired) electrons. The molecule has 2 unspecified atom stereocenters. The van der Waals surface area contributed by atoms with Crippen LogP contribution in [-0.4, -0.2) is 49.0 Å². The molecule has 8 heteroatoms. The van der Waals surface area contributed by atoms with Crippen LogP contribution < -0.4 is 5.32 Å². The smallest absolute Gasteiger partial charge is 0.326 e. The molecular weight excluding hydrogens is 402 g/mol. The van der Waals surface area contributed by atoms with E-state index in [0.717, 1.165) is 51.4 Å². The zero-order chi connectivity index (χ0) is 21.5. The van der Waals surface area contributed by atoms with Crippen LogP contribution in [0.3, 0.4) is 0 Å². The number of aryl methyl sites for hydroxylation is 1. The van der Waals surface area contributed by atoms with E-state index in [9.17, 15) is 18.9 Å². The first-order valence-electron chi connectivity index (χ1n) is 11.3. The van der Waals surface area contributed by atoms with Crippen LogP contribution in [0.2, 0.25) is 0 Å². The van der Waals surface area contributed by atoms with Gasteiger partial charge in [0, 0.05) is 29.0 Å². The van der Waals surface area contributed by atoms with Crippen LogP contribution in [0.15, 0.2) is 12.3 Å². The first-order valence-corrected chi connectivity index (χ1v) is 13.1. The highest BCUT2D eigenvalue weighted by Gasteiger charge is 2.41. The summed E-state index contributed by atoms with van der Waals surface area (Å²) in [4.78, 5) is 25.4. The quantitative estimate of drug-likeness (QED) is 0.618. The van der Waals surface area contributed by atoms with Crippen molar-refractivity contribution >= 4 is 22.7 Å². The lowest BCUT2D eigenvalue weighted by atomic mass is 9.66. The van der Waals surface area contributed by atoms with Crippen LogP contribution in [0.5, 0.6) is 0 Å². The maximum Gasteiger partial charge on any atom is 0.326 e. The van der Waals surface area contributed by atoms with E-state index in [1.54, 1.807) is 12.3 Å². The van der Waals surface area contributed by atoms with E-state index >= 15 is 0 Å². The van der Waals surface area contributed by atoms with E-state index < -0.39 is 28.7 Å². The molecule has 0 aromatic carbocycles. The topological polar surface area (TPSA) is 101 Å². The molecule has 0 bridgehead atoms.